The molecule has 0 bridgehead atoms. The molecule has 7 heteroatoms. The van der Waals surface area contributed by atoms with Crippen LogP contribution < -0.4 is 11.1 Å². The van der Waals surface area contributed by atoms with Crippen molar-refractivity contribution in [2.45, 2.75) is 0 Å². The number of amides is 1. The highest BCUT2D eigenvalue weighted by Crippen LogP contribution is 2.23. The number of carbonyl (C=O) groups is 1. The van der Waals surface area contributed by atoms with E-state index in [1.807, 2.05) is 0 Å². The van der Waals surface area contributed by atoms with Gasteiger partial charge < -0.3 is 11.1 Å². The predicted octanol–water partition coefficient (Wildman–Crippen LogP) is 1.82. The van der Waals surface area contributed by atoms with Crippen molar-refractivity contribution < 1.29 is 9.72 Å². The number of nitrogens with one attached hydrogen (secondary N) is 1. The molecule has 0 radical (unpaired) electrons. The van der Waals surface area contributed by atoms with Gasteiger partial charge in [-0.1, -0.05) is 12.1 Å². The number of hydrogen-bond acceptors (Lipinski definition) is 5. The second-order valence-electron chi connectivity index (χ2n) is 3.71. The van der Waals surface area contributed by atoms with Crippen molar-refractivity contribution in [2.75, 3.05) is 11.1 Å². The van der Waals surface area contributed by atoms with E-state index < -0.39 is 10.8 Å². The van der Waals surface area contributed by atoms with Gasteiger partial charge in [0.25, 0.3) is 11.6 Å². The molecule has 19 heavy (non-hydrogen) atoms. The number of benzene rings is 1. The summed E-state index contributed by atoms with van der Waals surface area (Å²) in [5, 5.41) is 13.3. The zero-order valence-electron chi connectivity index (χ0n) is 9.74. The average Bonchev–Trinajstić information content (AvgIpc) is 2.39. The van der Waals surface area contributed by atoms with Gasteiger partial charge in [0, 0.05) is 6.07 Å². The van der Waals surface area contributed by atoms with Crippen molar-refractivity contribution in [1.29, 1.82) is 0 Å². The summed E-state index contributed by atoms with van der Waals surface area (Å²) < 4.78 is 0. The average molecular weight is 258 g/mol. The third-order valence-corrected chi connectivity index (χ3v) is 2.37. The maximum Gasteiger partial charge on any atom is 0.292 e. The molecule has 0 saturated carbocycles. The topological polar surface area (TPSA) is 111 Å². The lowest BCUT2D eigenvalue weighted by molar-refractivity contribution is -0.383. The SMILES string of the molecule is Nc1ccc(C(=O)Nc2ccccc2[N+](=O)[O-])nc1. The summed E-state index contributed by atoms with van der Waals surface area (Å²) in [5.41, 5.74) is 5.97. The van der Waals surface area contributed by atoms with Crippen LogP contribution in [0.2, 0.25) is 0 Å². The van der Waals surface area contributed by atoms with E-state index in [9.17, 15) is 14.9 Å². The zero-order valence-corrected chi connectivity index (χ0v) is 9.74. The molecule has 0 unspecified atom stereocenters. The van der Waals surface area contributed by atoms with Gasteiger partial charge in [0.05, 0.1) is 16.8 Å². The van der Waals surface area contributed by atoms with Crippen LogP contribution in [0, 0.1) is 10.1 Å². The number of nitrogens with two attached hydrogens (primary N) is 1. The van der Waals surface area contributed by atoms with Crippen molar-refractivity contribution in [3.05, 3.63) is 58.4 Å². The molecular formula is C12H10N4O3. The molecule has 0 fully saturated rings. The number of aromatic nitrogens is 1. The minimum Gasteiger partial charge on any atom is -0.397 e. The van der Waals surface area contributed by atoms with Gasteiger partial charge in [-0.15, -0.1) is 0 Å². The van der Waals surface area contributed by atoms with Crippen LogP contribution in [0.1, 0.15) is 10.5 Å². The van der Waals surface area contributed by atoms with Gasteiger partial charge in [0.2, 0.25) is 0 Å². The molecule has 0 atom stereocenters. The van der Waals surface area contributed by atoms with Crippen LogP contribution in [0.4, 0.5) is 17.1 Å². The largest absolute Gasteiger partial charge is 0.397 e. The fourth-order valence-corrected chi connectivity index (χ4v) is 1.46. The van der Waals surface area contributed by atoms with Gasteiger partial charge in [-0.05, 0) is 18.2 Å². The van der Waals surface area contributed by atoms with Crippen molar-refractivity contribution in [3.63, 3.8) is 0 Å². The minimum atomic E-state index is -0.563. The smallest absolute Gasteiger partial charge is 0.292 e. The van der Waals surface area contributed by atoms with Crippen LogP contribution in [0.3, 0.4) is 0 Å². The number of nitro groups is 1. The van der Waals surface area contributed by atoms with E-state index in [0.29, 0.717) is 5.69 Å². The highest BCUT2D eigenvalue weighted by atomic mass is 16.6. The van der Waals surface area contributed by atoms with Crippen LogP contribution in [0.15, 0.2) is 42.6 Å². The summed E-state index contributed by atoms with van der Waals surface area (Å²) >= 11 is 0. The first-order valence-corrected chi connectivity index (χ1v) is 5.34. The Morgan fingerprint density at radius 1 is 1.26 bits per heavy atom. The molecule has 0 saturated heterocycles. The molecule has 96 valence electrons. The van der Waals surface area contributed by atoms with E-state index in [-0.39, 0.29) is 17.1 Å². The Bertz CT molecular complexity index is 625. The number of nitrogen functional groups attached to an aromatic ring is 1. The first-order chi connectivity index (χ1) is 9.08. The first-order valence-electron chi connectivity index (χ1n) is 5.34. The van der Waals surface area contributed by atoms with Crippen LogP contribution in [0.25, 0.3) is 0 Å². The highest BCUT2D eigenvalue weighted by molar-refractivity contribution is 6.04. The molecule has 0 aliphatic heterocycles. The van der Waals surface area contributed by atoms with E-state index in [2.05, 4.69) is 10.3 Å². The molecular weight excluding hydrogens is 248 g/mol. The van der Waals surface area contributed by atoms with Crippen LogP contribution >= 0.6 is 0 Å². The van der Waals surface area contributed by atoms with Gasteiger partial charge in [0.15, 0.2) is 0 Å². The van der Waals surface area contributed by atoms with Crippen LogP contribution in [-0.2, 0) is 0 Å². The number of carbonyl (C=O) groups excluding carboxylic acids is 1. The molecule has 0 aliphatic rings. The van der Waals surface area contributed by atoms with Crippen molar-refractivity contribution in [2.24, 2.45) is 0 Å². The Morgan fingerprint density at radius 2 is 2.00 bits per heavy atom. The molecule has 1 aromatic carbocycles. The zero-order chi connectivity index (χ0) is 13.8. The number of anilines is 2. The second kappa shape index (κ2) is 5.13. The van der Waals surface area contributed by atoms with E-state index in [4.69, 9.17) is 5.73 Å². The fourth-order valence-electron chi connectivity index (χ4n) is 1.46. The summed E-state index contributed by atoms with van der Waals surface area (Å²) in [4.78, 5) is 25.9. The fraction of sp³-hybridized carbons (Fsp3) is 0. The molecule has 0 aliphatic carbocycles. The molecule has 0 spiro atoms. The summed E-state index contributed by atoms with van der Waals surface area (Å²) in [6, 6.07) is 8.86. The summed E-state index contributed by atoms with van der Waals surface area (Å²) in [6.45, 7) is 0. The number of rotatable bonds is 3. The Hall–Kier alpha value is -2.96. The van der Waals surface area contributed by atoms with E-state index >= 15 is 0 Å². The van der Waals surface area contributed by atoms with E-state index in [1.165, 1.54) is 36.5 Å². The number of nitrogens with zero attached hydrogens (tertiary/aromatic N) is 2. The van der Waals surface area contributed by atoms with Gasteiger partial charge >= 0.3 is 0 Å². The first kappa shape index (κ1) is 12.5. The Morgan fingerprint density at radius 3 is 2.63 bits per heavy atom. The highest BCUT2D eigenvalue weighted by Gasteiger charge is 2.16. The number of nitro benzene ring substituents is 1. The minimum absolute atomic E-state index is 0.121. The van der Waals surface area contributed by atoms with Crippen LogP contribution in [0.5, 0.6) is 0 Å². The number of pyridine rings is 1. The third-order valence-electron chi connectivity index (χ3n) is 2.37. The predicted molar refractivity (Wildman–Crippen MR) is 69.7 cm³/mol. The number of hydrogen-bond donors (Lipinski definition) is 2. The van der Waals surface area contributed by atoms with E-state index in [0.717, 1.165) is 0 Å². The molecule has 3 N–H and O–H groups in total. The molecule has 2 aromatic rings. The van der Waals surface area contributed by atoms with Gasteiger partial charge in [-0.25, -0.2) is 4.98 Å². The van der Waals surface area contributed by atoms with Crippen molar-refractivity contribution in [3.8, 4) is 0 Å². The maximum absolute atomic E-state index is 11.9. The van der Waals surface area contributed by atoms with E-state index in [1.54, 1.807) is 6.07 Å². The Labute approximate surface area is 108 Å². The summed E-state index contributed by atoms with van der Waals surface area (Å²) in [7, 11) is 0. The van der Waals surface area contributed by atoms with Gasteiger partial charge in [-0.2, -0.15) is 0 Å². The van der Waals surface area contributed by atoms with Gasteiger partial charge in [0.1, 0.15) is 11.4 Å². The van der Waals surface area contributed by atoms with Crippen molar-refractivity contribution >= 4 is 23.0 Å². The number of para-hydroxylation sites is 2. The lowest BCUT2D eigenvalue weighted by Gasteiger charge is -2.05. The lowest BCUT2D eigenvalue weighted by Crippen LogP contribution is -2.14. The molecule has 1 aromatic heterocycles. The monoisotopic (exact) mass is 258 g/mol. The van der Waals surface area contributed by atoms with Gasteiger partial charge in [-0.3, -0.25) is 14.9 Å². The lowest BCUT2D eigenvalue weighted by atomic mass is 10.2. The molecule has 7 nitrogen and oxygen atoms in total. The standard InChI is InChI=1S/C12H10N4O3/c13-8-5-6-10(14-7-8)12(17)15-9-3-1-2-4-11(9)16(18)19/h1-7H,13H2,(H,15,17). The Balaban J connectivity index is 2.24. The normalized spacial score (nSPS) is 9.89. The molecule has 2 rings (SSSR count). The molecule has 1 heterocycles. The summed E-state index contributed by atoms with van der Waals surface area (Å²) in [6.07, 6.45) is 1.34. The second-order valence-corrected chi connectivity index (χ2v) is 3.71. The van der Waals surface area contributed by atoms with Crippen molar-refractivity contribution in [1.82, 2.24) is 4.98 Å². The maximum atomic E-state index is 11.9. The quantitative estimate of drug-likeness (QED) is 0.644. The Kier molecular flexibility index (Phi) is 3.37. The van der Waals surface area contributed by atoms with Crippen LogP contribution in [-0.4, -0.2) is 15.8 Å². The molecule has 1 amide bonds. The third kappa shape index (κ3) is 2.83. The summed E-state index contributed by atoms with van der Waals surface area (Å²) in [5.74, 6) is -0.533.